The summed E-state index contributed by atoms with van der Waals surface area (Å²) >= 11 is -1.22. The zero-order valence-corrected chi connectivity index (χ0v) is 6.71. The van der Waals surface area contributed by atoms with Crippen molar-refractivity contribution in [3.8, 4) is 0 Å². The van der Waals surface area contributed by atoms with Crippen LogP contribution in [0.1, 0.15) is 0 Å². The van der Waals surface area contributed by atoms with Crippen LogP contribution in [-0.2, 0) is 22.2 Å². The van der Waals surface area contributed by atoms with Crippen LogP contribution in [0.4, 0.5) is 5.69 Å². The van der Waals surface area contributed by atoms with Gasteiger partial charge in [0.15, 0.2) is 0 Å². The molecule has 0 saturated heterocycles. The van der Waals surface area contributed by atoms with Crippen molar-refractivity contribution in [1.29, 1.82) is 0 Å². The van der Waals surface area contributed by atoms with E-state index in [0.29, 0.717) is 0 Å². The van der Waals surface area contributed by atoms with E-state index in [9.17, 15) is 3.40 Å². The molecule has 0 aliphatic carbocycles. The summed E-state index contributed by atoms with van der Waals surface area (Å²) in [5.74, 6) is 0. The minimum atomic E-state index is -1.22. The fraction of sp³-hybridized carbons (Fsp3) is 0. The van der Waals surface area contributed by atoms with Gasteiger partial charge in [-0.05, 0) is 0 Å². The fourth-order valence-electron chi connectivity index (χ4n) is 0.554. The van der Waals surface area contributed by atoms with Crippen molar-refractivity contribution < 1.29 is 22.2 Å². The Kier molecular flexibility index (Phi) is 2.59. The molecule has 1 aromatic rings. The van der Waals surface area contributed by atoms with E-state index < -0.39 is 18.8 Å². The third-order valence-corrected chi connectivity index (χ3v) is 1.72. The summed E-state index contributed by atoms with van der Waals surface area (Å²) in [7, 11) is 0. The van der Waals surface area contributed by atoms with E-state index in [2.05, 4.69) is 3.88 Å². The number of hydrogen-bond acceptors (Lipinski definition) is 1. The summed E-state index contributed by atoms with van der Waals surface area (Å²) in [4.78, 5) is 0. The van der Waals surface area contributed by atoms with Crippen LogP contribution >= 0.6 is 0 Å². The second-order valence-corrected chi connectivity index (χ2v) is 2.46. The van der Waals surface area contributed by atoms with Crippen LogP contribution < -0.4 is 3.88 Å². The van der Waals surface area contributed by atoms with Gasteiger partial charge in [0, 0.05) is 0 Å². The Morgan fingerprint density at radius 1 is 1.22 bits per heavy atom. The predicted molar refractivity (Wildman–Crippen MR) is 30.8 cm³/mol. The van der Waals surface area contributed by atoms with Gasteiger partial charge in [-0.15, -0.1) is 0 Å². The maximum absolute atomic E-state index is 10.1. The summed E-state index contributed by atoms with van der Waals surface area (Å²) in [6.45, 7) is 0. The summed E-state index contributed by atoms with van der Waals surface area (Å²) in [6.07, 6.45) is 0. The first kappa shape index (κ1) is 6.63. The maximum atomic E-state index is 10.1. The summed E-state index contributed by atoms with van der Waals surface area (Å²) < 4.78 is 12.9. The van der Waals surface area contributed by atoms with Crippen LogP contribution in [0.15, 0.2) is 30.3 Å². The molecule has 0 bridgehead atoms. The third kappa shape index (κ3) is 2.06. The van der Waals surface area contributed by atoms with Crippen molar-refractivity contribution in [3.63, 3.8) is 0 Å². The number of rotatable bonds is 2. The Morgan fingerprint density at radius 3 is 2.44 bits per heavy atom. The van der Waals surface area contributed by atoms with Gasteiger partial charge in [-0.25, -0.2) is 0 Å². The predicted octanol–water partition coefficient (Wildman–Crippen LogP) is 1.44. The van der Waals surface area contributed by atoms with Crippen molar-refractivity contribution in [2.45, 2.75) is 0 Å². The van der Waals surface area contributed by atoms with Crippen molar-refractivity contribution in [2.75, 3.05) is 3.88 Å². The number of para-hydroxylation sites is 1. The Morgan fingerprint density at radius 2 is 1.89 bits per heavy atom. The molecule has 1 rings (SSSR count). The number of hydrogen-bond donors (Lipinski definition) is 1. The topological polar surface area (TPSA) is 29.1 Å². The van der Waals surface area contributed by atoms with Gasteiger partial charge in [-0.3, -0.25) is 0 Å². The minimum absolute atomic E-state index is 0.940. The molecule has 9 heavy (non-hydrogen) atoms. The number of nitrogens with one attached hydrogen (secondary N) is 1. The molecule has 0 unspecified atom stereocenters. The van der Waals surface area contributed by atoms with Gasteiger partial charge in [0.05, 0.1) is 0 Å². The monoisotopic (exact) mass is 206 g/mol. The molecule has 0 amide bonds. The first-order valence-electron chi connectivity index (χ1n) is 2.53. The van der Waals surface area contributed by atoms with Crippen LogP contribution in [0.5, 0.6) is 0 Å². The SMILES string of the molecule is [O]=[Mo][NH]c1ccccc1. The van der Waals surface area contributed by atoms with E-state index in [1.807, 2.05) is 30.3 Å². The van der Waals surface area contributed by atoms with Gasteiger partial charge in [0.2, 0.25) is 0 Å². The Hall–Kier alpha value is -0.492. The average molecular weight is 204 g/mol. The van der Waals surface area contributed by atoms with E-state index in [1.54, 1.807) is 0 Å². The molecule has 0 aliphatic rings. The van der Waals surface area contributed by atoms with Crippen LogP contribution in [0.25, 0.3) is 0 Å². The third-order valence-electron chi connectivity index (χ3n) is 0.933. The van der Waals surface area contributed by atoms with Crippen LogP contribution in [-0.4, -0.2) is 0 Å². The molecule has 0 aliphatic heterocycles. The molecule has 0 atom stereocenters. The molecule has 0 aromatic heterocycles. The Bertz CT molecular complexity index is 188. The molecule has 1 aromatic carbocycles. The summed E-state index contributed by atoms with van der Waals surface area (Å²) in [6, 6.07) is 9.53. The molecule has 47 valence electrons. The Balaban J connectivity index is 2.72. The van der Waals surface area contributed by atoms with E-state index >= 15 is 0 Å². The molecule has 0 fully saturated rings. The molecule has 0 spiro atoms. The second kappa shape index (κ2) is 3.52. The quantitative estimate of drug-likeness (QED) is 0.738. The van der Waals surface area contributed by atoms with Gasteiger partial charge in [-0.1, -0.05) is 0 Å². The summed E-state index contributed by atoms with van der Waals surface area (Å²) in [5.41, 5.74) is 0.940. The standard InChI is InChI=1S/C6H6N.Mo.O/c7-6-4-2-1-3-5-6;;/h1-5,7H;;/q-1;+1;. The molecule has 0 saturated carbocycles. The van der Waals surface area contributed by atoms with Gasteiger partial charge in [-0.2, -0.15) is 0 Å². The van der Waals surface area contributed by atoms with E-state index in [4.69, 9.17) is 0 Å². The molecule has 0 heterocycles. The fourth-order valence-corrected chi connectivity index (χ4v) is 1.13. The first-order chi connectivity index (χ1) is 4.43. The van der Waals surface area contributed by atoms with E-state index in [-0.39, 0.29) is 0 Å². The first-order valence-corrected chi connectivity index (χ1v) is 4.35. The van der Waals surface area contributed by atoms with Gasteiger partial charge in [0.25, 0.3) is 0 Å². The number of anilines is 1. The molecule has 3 heteroatoms. The zero-order chi connectivity index (χ0) is 6.53. The van der Waals surface area contributed by atoms with Crippen molar-refractivity contribution in [1.82, 2.24) is 0 Å². The second-order valence-electron chi connectivity index (χ2n) is 1.55. The molecular weight excluding hydrogens is 198 g/mol. The zero-order valence-electron chi connectivity index (χ0n) is 4.70. The van der Waals surface area contributed by atoms with Crippen LogP contribution in [0.2, 0.25) is 0 Å². The molecule has 0 radical (unpaired) electrons. The van der Waals surface area contributed by atoms with Gasteiger partial charge >= 0.3 is 62.1 Å². The van der Waals surface area contributed by atoms with Gasteiger partial charge < -0.3 is 0 Å². The van der Waals surface area contributed by atoms with E-state index in [1.165, 1.54) is 0 Å². The van der Waals surface area contributed by atoms with Gasteiger partial charge in [0.1, 0.15) is 0 Å². The number of benzene rings is 1. The van der Waals surface area contributed by atoms with Crippen molar-refractivity contribution in [3.05, 3.63) is 30.3 Å². The average Bonchev–Trinajstić information content (AvgIpc) is 1.91. The summed E-state index contributed by atoms with van der Waals surface area (Å²) in [5, 5.41) is 0. The molecular formula is C6H6MoNO. The molecule has 1 N–H and O–H groups in total. The Labute approximate surface area is 62.4 Å². The van der Waals surface area contributed by atoms with E-state index in [0.717, 1.165) is 5.69 Å². The normalized spacial score (nSPS) is 8.44. The van der Waals surface area contributed by atoms with Crippen LogP contribution in [0.3, 0.4) is 0 Å². The van der Waals surface area contributed by atoms with Crippen molar-refractivity contribution in [2.24, 2.45) is 0 Å². The van der Waals surface area contributed by atoms with Crippen LogP contribution in [0, 0.1) is 0 Å². The molecule has 2 nitrogen and oxygen atoms in total. The van der Waals surface area contributed by atoms with Crippen molar-refractivity contribution >= 4 is 5.69 Å².